The van der Waals surface area contributed by atoms with Crippen LogP contribution in [0.4, 0.5) is 5.82 Å². The van der Waals surface area contributed by atoms with E-state index in [1.807, 2.05) is 12.1 Å². The SMILES string of the molecule is Cl.NC1CCN(c2ncccc2Cl)CC1. The fourth-order valence-electron chi connectivity index (χ4n) is 1.72. The maximum atomic E-state index is 6.06. The Kier molecular flexibility index (Phi) is 4.64. The van der Waals surface area contributed by atoms with E-state index in [0.29, 0.717) is 6.04 Å². The van der Waals surface area contributed by atoms with Crippen molar-refractivity contribution >= 4 is 29.8 Å². The number of halogens is 2. The molecule has 0 atom stereocenters. The summed E-state index contributed by atoms with van der Waals surface area (Å²) in [4.78, 5) is 6.48. The van der Waals surface area contributed by atoms with E-state index in [0.717, 1.165) is 36.8 Å². The predicted molar refractivity (Wildman–Crippen MR) is 65.9 cm³/mol. The lowest BCUT2D eigenvalue weighted by atomic mass is 10.1. The fourth-order valence-corrected chi connectivity index (χ4v) is 1.96. The van der Waals surface area contributed by atoms with Gasteiger partial charge in [0.25, 0.3) is 0 Å². The zero-order valence-electron chi connectivity index (χ0n) is 8.40. The van der Waals surface area contributed by atoms with Crippen molar-refractivity contribution in [3.05, 3.63) is 23.4 Å². The number of hydrogen-bond acceptors (Lipinski definition) is 3. The molecule has 2 heterocycles. The van der Waals surface area contributed by atoms with Gasteiger partial charge in [-0.05, 0) is 25.0 Å². The Morgan fingerprint density at radius 2 is 2.07 bits per heavy atom. The summed E-state index contributed by atoms with van der Waals surface area (Å²) in [6.07, 6.45) is 3.82. The average Bonchev–Trinajstić information content (AvgIpc) is 2.20. The zero-order valence-corrected chi connectivity index (χ0v) is 9.97. The smallest absolute Gasteiger partial charge is 0.147 e. The summed E-state index contributed by atoms with van der Waals surface area (Å²) < 4.78 is 0. The molecule has 1 saturated heterocycles. The monoisotopic (exact) mass is 247 g/mol. The van der Waals surface area contributed by atoms with Crippen LogP contribution in [0, 0.1) is 0 Å². The van der Waals surface area contributed by atoms with Gasteiger partial charge < -0.3 is 10.6 Å². The quantitative estimate of drug-likeness (QED) is 0.827. The van der Waals surface area contributed by atoms with Gasteiger partial charge in [0.2, 0.25) is 0 Å². The van der Waals surface area contributed by atoms with Gasteiger partial charge in [-0.25, -0.2) is 4.98 Å². The normalized spacial score (nSPS) is 17.3. The van der Waals surface area contributed by atoms with Gasteiger partial charge in [0.05, 0.1) is 5.02 Å². The summed E-state index contributed by atoms with van der Waals surface area (Å²) in [7, 11) is 0. The molecule has 1 aliphatic rings. The second-order valence-corrected chi connectivity index (χ2v) is 4.04. The molecule has 0 amide bonds. The van der Waals surface area contributed by atoms with Gasteiger partial charge in [-0.3, -0.25) is 0 Å². The third-order valence-electron chi connectivity index (χ3n) is 2.58. The summed E-state index contributed by atoms with van der Waals surface area (Å²) in [6.45, 7) is 1.91. The molecule has 0 bridgehead atoms. The van der Waals surface area contributed by atoms with Crippen molar-refractivity contribution in [2.24, 2.45) is 5.73 Å². The van der Waals surface area contributed by atoms with E-state index in [2.05, 4.69) is 9.88 Å². The Hall–Kier alpha value is -0.510. The van der Waals surface area contributed by atoms with E-state index in [4.69, 9.17) is 17.3 Å². The van der Waals surface area contributed by atoms with E-state index in [-0.39, 0.29) is 12.4 Å². The summed E-state index contributed by atoms with van der Waals surface area (Å²) in [5.41, 5.74) is 5.83. The Morgan fingerprint density at radius 3 is 2.67 bits per heavy atom. The molecule has 15 heavy (non-hydrogen) atoms. The first-order valence-electron chi connectivity index (χ1n) is 4.88. The molecule has 0 saturated carbocycles. The van der Waals surface area contributed by atoms with Gasteiger partial charge in [-0.15, -0.1) is 12.4 Å². The highest BCUT2D eigenvalue weighted by molar-refractivity contribution is 6.32. The summed E-state index contributed by atoms with van der Waals surface area (Å²) in [6, 6.07) is 4.06. The minimum absolute atomic E-state index is 0. The fraction of sp³-hybridized carbons (Fsp3) is 0.500. The predicted octanol–water partition coefficient (Wildman–Crippen LogP) is 2.08. The van der Waals surface area contributed by atoms with Crippen molar-refractivity contribution in [2.75, 3.05) is 18.0 Å². The lowest BCUT2D eigenvalue weighted by molar-refractivity contribution is 0.499. The van der Waals surface area contributed by atoms with Crippen LogP contribution in [0.3, 0.4) is 0 Å². The van der Waals surface area contributed by atoms with Gasteiger partial charge >= 0.3 is 0 Å². The van der Waals surface area contributed by atoms with Gasteiger partial charge in [0.15, 0.2) is 0 Å². The number of nitrogens with two attached hydrogens (primary N) is 1. The first-order chi connectivity index (χ1) is 6.77. The topological polar surface area (TPSA) is 42.1 Å². The number of anilines is 1. The zero-order chi connectivity index (χ0) is 9.97. The Balaban J connectivity index is 0.00000112. The van der Waals surface area contributed by atoms with Gasteiger partial charge in [0, 0.05) is 25.3 Å². The largest absolute Gasteiger partial charge is 0.355 e. The molecule has 84 valence electrons. The van der Waals surface area contributed by atoms with Crippen LogP contribution in [0.25, 0.3) is 0 Å². The molecule has 0 spiro atoms. The highest BCUT2D eigenvalue weighted by Crippen LogP contribution is 2.24. The summed E-state index contributed by atoms with van der Waals surface area (Å²) in [5.74, 6) is 0.890. The molecule has 1 aromatic rings. The first-order valence-corrected chi connectivity index (χ1v) is 5.26. The lowest BCUT2D eigenvalue weighted by Gasteiger charge is -2.31. The number of pyridine rings is 1. The number of rotatable bonds is 1. The number of piperidine rings is 1. The number of nitrogens with zero attached hydrogens (tertiary/aromatic N) is 2. The highest BCUT2D eigenvalue weighted by Gasteiger charge is 2.18. The van der Waals surface area contributed by atoms with Crippen molar-refractivity contribution in [3.63, 3.8) is 0 Å². The lowest BCUT2D eigenvalue weighted by Crippen LogP contribution is -2.40. The Morgan fingerprint density at radius 1 is 1.40 bits per heavy atom. The van der Waals surface area contributed by atoms with Gasteiger partial charge in [-0.1, -0.05) is 11.6 Å². The van der Waals surface area contributed by atoms with Crippen LogP contribution in [0.5, 0.6) is 0 Å². The van der Waals surface area contributed by atoms with Gasteiger partial charge in [-0.2, -0.15) is 0 Å². The molecule has 2 rings (SSSR count). The molecule has 1 fully saturated rings. The second kappa shape index (κ2) is 5.54. The van der Waals surface area contributed by atoms with Crippen LogP contribution in [0.2, 0.25) is 5.02 Å². The van der Waals surface area contributed by atoms with E-state index >= 15 is 0 Å². The average molecular weight is 248 g/mol. The van der Waals surface area contributed by atoms with Crippen LogP contribution in [0.15, 0.2) is 18.3 Å². The van der Waals surface area contributed by atoms with Gasteiger partial charge in [0.1, 0.15) is 5.82 Å². The molecule has 1 aliphatic heterocycles. The minimum Gasteiger partial charge on any atom is -0.355 e. The van der Waals surface area contributed by atoms with Crippen LogP contribution >= 0.6 is 24.0 Å². The number of hydrogen-bond donors (Lipinski definition) is 1. The van der Waals surface area contributed by atoms with Crippen LogP contribution in [-0.2, 0) is 0 Å². The van der Waals surface area contributed by atoms with Crippen molar-refractivity contribution in [3.8, 4) is 0 Å². The summed E-state index contributed by atoms with van der Waals surface area (Å²) in [5, 5.41) is 0.725. The number of aromatic nitrogens is 1. The molecule has 0 aromatic carbocycles. The molecule has 2 N–H and O–H groups in total. The van der Waals surface area contributed by atoms with Crippen LogP contribution < -0.4 is 10.6 Å². The minimum atomic E-state index is 0. The maximum absolute atomic E-state index is 6.06. The molecule has 1 aromatic heterocycles. The maximum Gasteiger partial charge on any atom is 0.147 e. The van der Waals surface area contributed by atoms with E-state index in [9.17, 15) is 0 Å². The molecule has 0 aliphatic carbocycles. The van der Waals surface area contributed by atoms with Crippen LogP contribution in [-0.4, -0.2) is 24.1 Å². The van der Waals surface area contributed by atoms with E-state index < -0.39 is 0 Å². The Bertz CT molecular complexity index is 311. The molecule has 0 radical (unpaired) electrons. The summed E-state index contributed by atoms with van der Waals surface area (Å²) >= 11 is 6.06. The molecule has 0 unspecified atom stereocenters. The second-order valence-electron chi connectivity index (χ2n) is 3.63. The van der Waals surface area contributed by atoms with Crippen molar-refractivity contribution in [2.45, 2.75) is 18.9 Å². The molecule has 5 heteroatoms. The third kappa shape index (κ3) is 2.97. The highest BCUT2D eigenvalue weighted by atomic mass is 35.5. The molecule has 3 nitrogen and oxygen atoms in total. The third-order valence-corrected chi connectivity index (χ3v) is 2.87. The van der Waals surface area contributed by atoms with Crippen molar-refractivity contribution in [1.29, 1.82) is 0 Å². The van der Waals surface area contributed by atoms with E-state index in [1.54, 1.807) is 6.20 Å². The van der Waals surface area contributed by atoms with Crippen LogP contribution in [0.1, 0.15) is 12.8 Å². The Labute approximate surface area is 101 Å². The van der Waals surface area contributed by atoms with E-state index in [1.165, 1.54) is 0 Å². The molecular formula is C10H15Cl2N3. The standard InChI is InChI=1S/C10H14ClN3.ClH/c11-9-2-1-5-13-10(9)14-6-3-8(12)4-7-14;/h1-2,5,8H,3-4,6-7,12H2;1H. The van der Waals surface area contributed by atoms with Crippen molar-refractivity contribution in [1.82, 2.24) is 4.98 Å². The molecular weight excluding hydrogens is 233 g/mol. The van der Waals surface area contributed by atoms with Crippen molar-refractivity contribution < 1.29 is 0 Å². The first kappa shape index (κ1) is 12.6.